The Hall–Kier alpha value is -2.51. The predicted octanol–water partition coefficient (Wildman–Crippen LogP) is 1.66. The van der Waals surface area contributed by atoms with E-state index < -0.39 is 53.0 Å². The van der Waals surface area contributed by atoms with Crippen molar-refractivity contribution >= 4 is 17.8 Å². The molecule has 0 saturated heterocycles. The van der Waals surface area contributed by atoms with Crippen LogP contribution in [0.4, 0.5) is 8.78 Å². The number of aliphatic carboxylic acids is 1. The van der Waals surface area contributed by atoms with Crippen molar-refractivity contribution in [2.24, 2.45) is 0 Å². The standard InChI is InChI=1S/C16H18F2N2O4/c1-9(21)19-12(14-10(17)4-2-5-11(14)18)8-13(22)20-16(15(23)24)6-3-7-16/h2,4-5,12H,3,6-8H2,1H3,(H,19,21)(H,20,22)(H,23,24)/t12-/m0/s1. The Balaban J connectivity index is 2.19. The summed E-state index contributed by atoms with van der Waals surface area (Å²) in [6, 6.07) is 1.99. The van der Waals surface area contributed by atoms with Gasteiger partial charge in [-0.1, -0.05) is 6.07 Å². The molecule has 1 aromatic rings. The van der Waals surface area contributed by atoms with Crippen molar-refractivity contribution in [3.8, 4) is 0 Å². The molecule has 0 unspecified atom stereocenters. The minimum absolute atomic E-state index is 0.299. The summed E-state index contributed by atoms with van der Waals surface area (Å²) < 4.78 is 27.9. The Morgan fingerprint density at radius 3 is 2.25 bits per heavy atom. The van der Waals surface area contributed by atoms with E-state index in [9.17, 15) is 28.3 Å². The lowest BCUT2D eigenvalue weighted by Gasteiger charge is -2.38. The first kappa shape index (κ1) is 17.8. The third-order valence-electron chi connectivity index (χ3n) is 4.11. The quantitative estimate of drug-likeness (QED) is 0.734. The first-order chi connectivity index (χ1) is 11.2. The number of carbonyl (C=O) groups is 3. The molecule has 2 amide bonds. The van der Waals surface area contributed by atoms with Gasteiger partial charge < -0.3 is 15.7 Å². The number of carbonyl (C=O) groups excluding carboxylic acids is 2. The summed E-state index contributed by atoms with van der Waals surface area (Å²) in [4.78, 5) is 34.8. The number of rotatable bonds is 6. The molecule has 1 atom stereocenters. The SMILES string of the molecule is CC(=O)N[C@@H](CC(=O)NC1(C(=O)O)CCC1)c1c(F)cccc1F. The summed E-state index contributed by atoms with van der Waals surface area (Å²) in [7, 11) is 0. The van der Waals surface area contributed by atoms with Gasteiger partial charge in [0.1, 0.15) is 17.2 Å². The summed E-state index contributed by atoms with van der Waals surface area (Å²) in [5.74, 6) is -4.18. The van der Waals surface area contributed by atoms with E-state index in [4.69, 9.17) is 0 Å². The zero-order valence-corrected chi connectivity index (χ0v) is 13.1. The van der Waals surface area contributed by atoms with Crippen LogP contribution in [0.25, 0.3) is 0 Å². The van der Waals surface area contributed by atoms with E-state index in [1.165, 1.54) is 6.07 Å². The van der Waals surface area contributed by atoms with Gasteiger partial charge in [0.25, 0.3) is 0 Å². The molecule has 0 heterocycles. The van der Waals surface area contributed by atoms with Crippen molar-refractivity contribution in [1.82, 2.24) is 10.6 Å². The van der Waals surface area contributed by atoms with Crippen molar-refractivity contribution in [2.45, 2.75) is 44.2 Å². The van der Waals surface area contributed by atoms with Crippen molar-refractivity contribution in [3.05, 3.63) is 35.4 Å². The number of benzene rings is 1. The highest BCUT2D eigenvalue weighted by Gasteiger charge is 2.45. The molecular formula is C16H18F2N2O4. The van der Waals surface area contributed by atoms with Gasteiger partial charge in [-0.05, 0) is 31.4 Å². The lowest BCUT2D eigenvalue weighted by molar-refractivity contribution is -0.152. The molecule has 0 aliphatic heterocycles. The Morgan fingerprint density at radius 2 is 1.83 bits per heavy atom. The minimum atomic E-state index is -1.33. The molecule has 8 heteroatoms. The number of nitrogens with one attached hydrogen (secondary N) is 2. The number of amides is 2. The second-order valence-corrected chi connectivity index (χ2v) is 5.88. The number of hydrogen-bond donors (Lipinski definition) is 3. The molecule has 0 aromatic heterocycles. The summed E-state index contributed by atoms with van der Waals surface area (Å²) in [6.07, 6.45) is 0.802. The van der Waals surface area contributed by atoms with E-state index in [-0.39, 0.29) is 0 Å². The van der Waals surface area contributed by atoms with Crippen molar-refractivity contribution in [2.75, 3.05) is 0 Å². The van der Waals surface area contributed by atoms with Crippen LogP contribution in [0.1, 0.15) is 44.2 Å². The zero-order chi connectivity index (χ0) is 17.9. The molecule has 24 heavy (non-hydrogen) atoms. The van der Waals surface area contributed by atoms with E-state index in [0.29, 0.717) is 19.3 Å². The lowest BCUT2D eigenvalue weighted by Crippen LogP contribution is -2.59. The molecule has 1 aliphatic rings. The van der Waals surface area contributed by atoms with E-state index in [1.807, 2.05) is 0 Å². The van der Waals surface area contributed by atoms with Crippen LogP contribution in [0.15, 0.2) is 18.2 Å². The van der Waals surface area contributed by atoms with Crippen molar-refractivity contribution in [3.63, 3.8) is 0 Å². The maximum Gasteiger partial charge on any atom is 0.329 e. The van der Waals surface area contributed by atoms with Crippen LogP contribution in [0.2, 0.25) is 0 Å². The maximum absolute atomic E-state index is 13.9. The fourth-order valence-corrected chi connectivity index (χ4v) is 2.74. The maximum atomic E-state index is 13.9. The Kier molecular flexibility index (Phi) is 5.16. The van der Waals surface area contributed by atoms with Crippen LogP contribution in [0, 0.1) is 11.6 Å². The van der Waals surface area contributed by atoms with Gasteiger partial charge in [-0.3, -0.25) is 9.59 Å². The van der Waals surface area contributed by atoms with Crippen LogP contribution in [-0.4, -0.2) is 28.4 Å². The van der Waals surface area contributed by atoms with Gasteiger partial charge in [-0.2, -0.15) is 0 Å². The molecule has 1 fully saturated rings. The van der Waals surface area contributed by atoms with Crippen LogP contribution in [0.5, 0.6) is 0 Å². The van der Waals surface area contributed by atoms with Gasteiger partial charge in [-0.25, -0.2) is 13.6 Å². The highest BCUT2D eigenvalue weighted by Crippen LogP contribution is 2.32. The second kappa shape index (κ2) is 6.94. The minimum Gasteiger partial charge on any atom is -0.480 e. The van der Waals surface area contributed by atoms with Crippen molar-refractivity contribution < 1.29 is 28.3 Å². The molecule has 1 aliphatic carbocycles. The third kappa shape index (κ3) is 3.69. The van der Waals surface area contributed by atoms with E-state index in [2.05, 4.69) is 10.6 Å². The average Bonchev–Trinajstić information content (AvgIpc) is 2.41. The first-order valence-corrected chi connectivity index (χ1v) is 7.50. The Morgan fingerprint density at radius 1 is 1.25 bits per heavy atom. The van der Waals surface area contributed by atoms with Gasteiger partial charge in [0, 0.05) is 12.5 Å². The monoisotopic (exact) mass is 340 g/mol. The summed E-state index contributed by atoms with van der Waals surface area (Å²) in [6.45, 7) is 1.16. The molecule has 0 bridgehead atoms. The molecule has 0 radical (unpaired) electrons. The molecule has 6 nitrogen and oxygen atoms in total. The second-order valence-electron chi connectivity index (χ2n) is 5.88. The smallest absolute Gasteiger partial charge is 0.329 e. The van der Waals surface area contributed by atoms with Crippen LogP contribution < -0.4 is 10.6 Å². The lowest BCUT2D eigenvalue weighted by atomic mass is 9.76. The molecule has 3 N–H and O–H groups in total. The van der Waals surface area contributed by atoms with Gasteiger partial charge in [0.2, 0.25) is 11.8 Å². The van der Waals surface area contributed by atoms with Gasteiger partial charge in [-0.15, -0.1) is 0 Å². The zero-order valence-electron chi connectivity index (χ0n) is 13.1. The Bertz CT molecular complexity index is 654. The summed E-state index contributed by atoms with van der Waals surface area (Å²) in [5, 5.41) is 14.0. The number of hydrogen-bond acceptors (Lipinski definition) is 3. The molecular weight excluding hydrogens is 322 g/mol. The molecule has 1 aromatic carbocycles. The highest BCUT2D eigenvalue weighted by molar-refractivity contribution is 5.88. The van der Waals surface area contributed by atoms with Crippen LogP contribution >= 0.6 is 0 Å². The van der Waals surface area contributed by atoms with E-state index in [0.717, 1.165) is 19.1 Å². The molecule has 130 valence electrons. The normalized spacial score (nSPS) is 16.6. The number of carboxylic acids is 1. The van der Waals surface area contributed by atoms with Crippen LogP contribution in [0.3, 0.4) is 0 Å². The van der Waals surface area contributed by atoms with Gasteiger partial charge in [0.05, 0.1) is 12.5 Å². The highest BCUT2D eigenvalue weighted by atomic mass is 19.1. The average molecular weight is 340 g/mol. The first-order valence-electron chi connectivity index (χ1n) is 7.50. The third-order valence-corrected chi connectivity index (χ3v) is 4.11. The number of halogens is 2. The Labute approximate surface area is 137 Å². The van der Waals surface area contributed by atoms with Gasteiger partial charge >= 0.3 is 5.97 Å². The molecule has 0 spiro atoms. The molecule has 1 saturated carbocycles. The molecule has 2 rings (SSSR count). The largest absolute Gasteiger partial charge is 0.480 e. The van der Waals surface area contributed by atoms with Crippen molar-refractivity contribution in [1.29, 1.82) is 0 Å². The van der Waals surface area contributed by atoms with E-state index in [1.54, 1.807) is 0 Å². The van der Waals surface area contributed by atoms with E-state index >= 15 is 0 Å². The summed E-state index contributed by atoms with van der Waals surface area (Å²) in [5.41, 5.74) is -1.76. The number of carboxylic acid groups (broad SMARTS) is 1. The predicted molar refractivity (Wildman–Crippen MR) is 79.9 cm³/mol. The van der Waals surface area contributed by atoms with Crippen LogP contribution in [-0.2, 0) is 14.4 Å². The summed E-state index contributed by atoms with van der Waals surface area (Å²) >= 11 is 0. The van der Waals surface area contributed by atoms with Gasteiger partial charge in [0.15, 0.2) is 0 Å². The topological polar surface area (TPSA) is 95.5 Å². The fraction of sp³-hybridized carbons (Fsp3) is 0.438. The fourth-order valence-electron chi connectivity index (χ4n) is 2.74.